The van der Waals surface area contributed by atoms with E-state index in [1.807, 2.05) is 84.9 Å². The zero-order valence-corrected chi connectivity index (χ0v) is 22.0. The van der Waals surface area contributed by atoms with Gasteiger partial charge in [-0.3, -0.25) is 4.79 Å². The second kappa shape index (κ2) is 12.6. The molecule has 200 valence electrons. The van der Waals surface area contributed by atoms with E-state index in [1.165, 1.54) is 6.33 Å². The number of nitrogens with two attached hydrogens (primary N) is 1. The highest BCUT2D eigenvalue weighted by Crippen LogP contribution is 2.33. The lowest BCUT2D eigenvalue weighted by Crippen LogP contribution is -2.40. The van der Waals surface area contributed by atoms with Gasteiger partial charge in [-0.2, -0.15) is 5.26 Å². The Morgan fingerprint density at radius 1 is 0.975 bits per heavy atom. The van der Waals surface area contributed by atoms with Crippen LogP contribution in [0.2, 0.25) is 0 Å². The van der Waals surface area contributed by atoms with Crippen molar-refractivity contribution in [1.82, 2.24) is 14.9 Å². The highest BCUT2D eigenvalue weighted by molar-refractivity contribution is 6.01. The number of benzene rings is 3. The summed E-state index contributed by atoms with van der Waals surface area (Å²) in [6.45, 7) is 1.88. The Morgan fingerprint density at radius 3 is 2.30 bits per heavy atom. The number of nitrogen functional groups attached to an aromatic ring is 1. The van der Waals surface area contributed by atoms with Crippen LogP contribution in [0.25, 0.3) is 17.2 Å². The molecule has 2 heterocycles. The Morgan fingerprint density at radius 2 is 1.62 bits per heavy atom. The summed E-state index contributed by atoms with van der Waals surface area (Å²) in [4.78, 5) is 23.4. The molecular formula is C32H30N6O2. The van der Waals surface area contributed by atoms with Crippen molar-refractivity contribution in [2.75, 3.05) is 30.7 Å². The molecule has 0 saturated carbocycles. The Bertz CT molecular complexity index is 1510. The molecule has 0 bridgehead atoms. The summed E-state index contributed by atoms with van der Waals surface area (Å²) in [5.41, 5.74) is 8.89. The van der Waals surface area contributed by atoms with Crippen LogP contribution >= 0.6 is 0 Å². The standard InChI is InChI=1S/C32H30N6O2/c33-20-26(19-23-7-3-1-4-8-23)32(39)38-17-15-24(16-18-38)21-35-31-29(30(34)36-22-37-31)25-11-13-28(14-12-25)40-27-9-5-2-6-10-27/h1-14,19,22,24H,15-18,21H2,(H3,34,35,36,37). The van der Waals surface area contributed by atoms with E-state index in [-0.39, 0.29) is 11.5 Å². The number of aromatic nitrogens is 2. The fourth-order valence-corrected chi connectivity index (χ4v) is 4.74. The van der Waals surface area contributed by atoms with Crippen LogP contribution in [0.4, 0.5) is 11.6 Å². The second-order valence-corrected chi connectivity index (χ2v) is 9.62. The average molecular weight is 531 g/mol. The smallest absolute Gasteiger partial charge is 0.264 e. The first-order valence-corrected chi connectivity index (χ1v) is 13.2. The van der Waals surface area contributed by atoms with E-state index in [0.717, 1.165) is 41.0 Å². The lowest BCUT2D eigenvalue weighted by molar-refractivity contribution is -0.127. The number of nitriles is 1. The third-order valence-corrected chi connectivity index (χ3v) is 6.92. The maximum absolute atomic E-state index is 13.0. The molecule has 0 radical (unpaired) electrons. The highest BCUT2D eigenvalue weighted by Gasteiger charge is 2.25. The number of rotatable bonds is 8. The minimum atomic E-state index is -0.219. The number of likely N-dealkylation sites (tertiary alicyclic amines) is 1. The largest absolute Gasteiger partial charge is 0.457 e. The van der Waals surface area contributed by atoms with Gasteiger partial charge in [0.2, 0.25) is 0 Å². The number of ether oxygens (including phenoxy) is 1. The number of para-hydroxylation sites is 1. The van der Waals surface area contributed by atoms with E-state index in [0.29, 0.717) is 37.2 Å². The molecule has 3 N–H and O–H groups in total. The molecule has 1 aromatic heterocycles. The van der Waals surface area contributed by atoms with Gasteiger partial charge in [0, 0.05) is 19.6 Å². The number of carbonyl (C=O) groups excluding carboxylic acids is 1. The van der Waals surface area contributed by atoms with Gasteiger partial charge in [0.1, 0.15) is 41.1 Å². The van der Waals surface area contributed by atoms with Gasteiger partial charge in [-0.15, -0.1) is 0 Å². The molecule has 3 aromatic carbocycles. The maximum Gasteiger partial charge on any atom is 0.264 e. The monoisotopic (exact) mass is 530 g/mol. The van der Waals surface area contributed by atoms with Gasteiger partial charge in [-0.05, 0) is 60.2 Å². The normalized spacial score (nSPS) is 13.9. The van der Waals surface area contributed by atoms with Crippen molar-refractivity contribution in [2.24, 2.45) is 5.92 Å². The molecular weight excluding hydrogens is 500 g/mol. The number of hydrogen-bond acceptors (Lipinski definition) is 7. The summed E-state index contributed by atoms with van der Waals surface area (Å²) in [7, 11) is 0. The molecule has 0 atom stereocenters. The first-order chi connectivity index (χ1) is 19.6. The van der Waals surface area contributed by atoms with E-state index in [1.54, 1.807) is 11.0 Å². The van der Waals surface area contributed by atoms with Crippen LogP contribution in [0, 0.1) is 17.2 Å². The van der Waals surface area contributed by atoms with Crippen molar-refractivity contribution in [1.29, 1.82) is 5.26 Å². The van der Waals surface area contributed by atoms with Crippen molar-refractivity contribution in [3.05, 3.63) is 102 Å². The topological polar surface area (TPSA) is 117 Å². The van der Waals surface area contributed by atoms with Crippen molar-refractivity contribution in [3.8, 4) is 28.7 Å². The molecule has 0 spiro atoms. The van der Waals surface area contributed by atoms with Crippen LogP contribution in [0.1, 0.15) is 18.4 Å². The predicted molar refractivity (Wildman–Crippen MR) is 156 cm³/mol. The molecule has 1 aliphatic heterocycles. The zero-order valence-electron chi connectivity index (χ0n) is 22.0. The molecule has 1 saturated heterocycles. The average Bonchev–Trinajstić information content (AvgIpc) is 3.00. The molecule has 5 rings (SSSR count). The number of nitrogens with one attached hydrogen (secondary N) is 1. The number of amides is 1. The first-order valence-electron chi connectivity index (χ1n) is 13.2. The van der Waals surface area contributed by atoms with Crippen molar-refractivity contribution in [2.45, 2.75) is 12.8 Å². The minimum absolute atomic E-state index is 0.157. The molecule has 8 heteroatoms. The van der Waals surface area contributed by atoms with E-state index in [9.17, 15) is 10.1 Å². The van der Waals surface area contributed by atoms with Crippen LogP contribution in [0.3, 0.4) is 0 Å². The quantitative estimate of drug-likeness (QED) is 0.219. The van der Waals surface area contributed by atoms with E-state index in [2.05, 4.69) is 21.4 Å². The van der Waals surface area contributed by atoms with E-state index < -0.39 is 0 Å². The third-order valence-electron chi connectivity index (χ3n) is 6.92. The van der Waals surface area contributed by atoms with Crippen molar-refractivity contribution >= 4 is 23.6 Å². The van der Waals surface area contributed by atoms with Gasteiger partial charge in [0.15, 0.2) is 0 Å². The number of piperidine rings is 1. The SMILES string of the molecule is N#CC(=Cc1ccccc1)C(=O)N1CCC(CNc2ncnc(N)c2-c2ccc(Oc3ccccc3)cc2)CC1. The minimum Gasteiger partial charge on any atom is -0.457 e. The summed E-state index contributed by atoms with van der Waals surface area (Å²) >= 11 is 0. The van der Waals surface area contributed by atoms with E-state index in [4.69, 9.17) is 10.5 Å². The first kappa shape index (κ1) is 26.4. The van der Waals surface area contributed by atoms with Crippen LogP contribution in [-0.2, 0) is 4.79 Å². The Balaban J connectivity index is 1.19. The van der Waals surface area contributed by atoms with Crippen LogP contribution in [-0.4, -0.2) is 40.4 Å². The molecule has 4 aromatic rings. The fourth-order valence-electron chi connectivity index (χ4n) is 4.74. The van der Waals surface area contributed by atoms with Gasteiger partial charge in [0.25, 0.3) is 5.91 Å². The molecule has 8 nitrogen and oxygen atoms in total. The molecule has 1 fully saturated rings. The molecule has 0 aliphatic carbocycles. The summed E-state index contributed by atoms with van der Waals surface area (Å²) in [6, 6.07) is 28.8. The van der Waals surface area contributed by atoms with Gasteiger partial charge in [-0.1, -0.05) is 60.7 Å². The second-order valence-electron chi connectivity index (χ2n) is 9.62. The van der Waals surface area contributed by atoms with Crippen molar-refractivity contribution in [3.63, 3.8) is 0 Å². The van der Waals surface area contributed by atoms with E-state index >= 15 is 0 Å². The zero-order chi connectivity index (χ0) is 27.7. The van der Waals surface area contributed by atoms with Gasteiger partial charge in [-0.25, -0.2) is 9.97 Å². The molecule has 1 aliphatic rings. The van der Waals surface area contributed by atoms with Gasteiger partial charge >= 0.3 is 0 Å². The van der Waals surface area contributed by atoms with Gasteiger partial charge < -0.3 is 20.7 Å². The van der Waals surface area contributed by atoms with Gasteiger partial charge in [0.05, 0.1) is 5.56 Å². The summed E-state index contributed by atoms with van der Waals surface area (Å²) in [6.07, 6.45) is 4.75. The number of anilines is 2. The third kappa shape index (κ3) is 6.45. The summed E-state index contributed by atoms with van der Waals surface area (Å²) in [5.74, 6) is 2.68. The Hall–Kier alpha value is -5.16. The Kier molecular flexibility index (Phi) is 8.32. The maximum atomic E-state index is 13.0. The molecule has 0 unspecified atom stereocenters. The fraction of sp³-hybridized carbons (Fsp3) is 0.188. The number of nitrogens with zero attached hydrogens (tertiary/aromatic N) is 4. The Labute approximate surface area is 233 Å². The molecule has 1 amide bonds. The lowest BCUT2D eigenvalue weighted by atomic mass is 9.96. The molecule has 40 heavy (non-hydrogen) atoms. The predicted octanol–water partition coefficient (Wildman–Crippen LogP) is 5.78. The lowest BCUT2D eigenvalue weighted by Gasteiger charge is -2.32. The van der Waals surface area contributed by atoms with Crippen molar-refractivity contribution < 1.29 is 9.53 Å². The van der Waals surface area contributed by atoms with Crippen LogP contribution in [0.5, 0.6) is 11.5 Å². The highest BCUT2D eigenvalue weighted by atomic mass is 16.5. The number of hydrogen-bond donors (Lipinski definition) is 2. The summed E-state index contributed by atoms with van der Waals surface area (Å²) in [5, 5.41) is 13.0. The van der Waals surface area contributed by atoms with Crippen LogP contribution in [0.15, 0.2) is 96.8 Å². The number of carbonyl (C=O) groups is 1. The van der Waals surface area contributed by atoms with Crippen LogP contribution < -0.4 is 15.8 Å². The summed E-state index contributed by atoms with van der Waals surface area (Å²) < 4.78 is 5.91.